The normalized spacial score (nSPS) is 23.7. The van der Waals surface area contributed by atoms with Crippen molar-refractivity contribution < 1.29 is 57.5 Å². The summed E-state index contributed by atoms with van der Waals surface area (Å²) in [6.45, 7) is 2.56. The van der Waals surface area contributed by atoms with Gasteiger partial charge in [0.05, 0.1) is 25.7 Å². The molecule has 10 atom stereocenters. The van der Waals surface area contributed by atoms with E-state index < -0.39 is 144 Å². The van der Waals surface area contributed by atoms with Crippen LogP contribution in [0.3, 0.4) is 0 Å². The Morgan fingerprint density at radius 1 is 0.540 bits per heavy atom. The topological polar surface area (TPSA) is 556 Å². The van der Waals surface area contributed by atoms with Gasteiger partial charge in [0.1, 0.15) is 54.4 Å². The molecular formula is C63H97N23O12S2. The lowest BCUT2D eigenvalue weighted by molar-refractivity contribution is -0.140. The maximum absolute atomic E-state index is 14.9. The SMILES string of the molecule is CCSSC1NC(=O)[C@H](CCCN=C(N)N)NC(=O)[C@H](CCCCN)NC(=O)[C@H](CCCCN)NC(=O)[C@H](CCCCN)NC(=O)[C@H](C)NC(=O)CNC(=O)[C@H](Cc2c[nH]c3ccccc23)NC(=O)[C@H](Cc2cnc[nH]2)NC(=O)CNC(=O)[C@H](Cc2cnc[nH]2)NC(=O)[C@@H]2CCCN2C1=O. The first-order chi connectivity index (χ1) is 48.1. The molecule has 1 aromatic carbocycles. The molecule has 0 aliphatic carbocycles. The van der Waals surface area contributed by atoms with E-state index in [1.165, 1.54) is 47.7 Å². The van der Waals surface area contributed by atoms with Gasteiger partial charge in [-0.2, -0.15) is 0 Å². The highest BCUT2D eigenvalue weighted by Gasteiger charge is 2.41. The van der Waals surface area contributed by atoms with Gasteiger partial charge in [-0.15, -0.1) is 0 Å². The van der Waals surface area contributed by atoms with Crippen molar-refractivity contribution in [2.24, 2.45) is 33.7 Å². The number of para-hydroxylation sites is 1. The smallest absolute Gasteiger partial charge is 0.257 e. The molecule has 0 spiro atoms. The third-order valence-corrected chi connectivity index (χ3v) is 19.1. The van der Waals surface area contributed by atoms with Crippen LogP contribution in [0.2, 0.25) is 0 Å². The average molecular weight is 1430 g/mol. The molecule has 3 aromatic heterocycles. The van der Waals surface area contributed by atoms with Gasteiger partial charge >= 0.3 is 0 Å². The zero-order valence-electron chi connectivity index (χ0n) is 56.3. The molecule has 37 heteroatoms. The van der Waals surface area contributed by atoms with Crippen molar-refractivity contribution in [3.8, 4) is 0 Å². The van der Waals surface area contributed by atoms with Crippen molar-refractivity contribution in [3.05, 3.63) is 72.5 Å². The number of aromatic nitrogens is 5. The lowest BCUT2D eigenvalue weighted by Crippen LogP contribution is -2.60. The third-order valence-electron chi connectivity index (χ3n) is 16.5. The van der Waals surface area contributed by atoms with Crippen molar-refractivity contribution in [1.82, 2.24) is 88.3 Å². The summed E-state index contributed by atoms with van der Waals surface area (Å²) < 4.78 is 0. The van der Waals surface area contributed by atoms with E-state index in [-0.39, 0.29) is 96.5 Å². The van der Waals surface area contributed by atoms with Crippen LogP contribution in [0, 0.1) is 0 Å². The number of unbranched alkanes of at least 4 members (excludes halogenated alkanes) is 3. The summed E-state index contributed by atoms with van der Waals surface area (Å²) >= 11 is 0. The number of aromatic amines is 3. The van der Waals surface area contributed by atoms with Gasteiger partial charge in [0, 0.05) is 79.0 Å². The van der Waals surface area contributed by atoms with Crippen LogP contribution in [0.5, 0.6) is 0 Å². The van der Waals surface area contributed by atoms with Crippen LogP contribution in [-0.2, 0) is 76.8 Å². The fourth-order valence-electron chi connectivity index (χ4n) is 11.2. The monoisotopic (exact) mass is 1430 g/mol. The van der Waals surface area contributed by atoms with E-state index in [0.29, 0.717) is 67.6 Å². The number of aliphatic imine (C=N–C) groups is 1. The van der Waals surface area contributed by atoms with E-state index in [0.717, 1.165) is 21.7 Å². The highest BCUT2D eigenvalue weighted by atomic mass is 33.1. The minimum absolute atomic E-state index is 0.0176. The summed E-state index contributed by atoms with van der Waals surface area (Å²) in [6, 6.07) is -4.82. The summed E-state index contributed by atoms with van der Waals surface area (Å²) in [7, 11) is 2.24. The molecule has 2 fully saturated rings. The molecular weight excluding hydrogens is 1330 g/mol. The summed E-state index contributed by atoms with van der Waals surface area (Å²) in [6.07, 6.45) is 9.68. The fourth-order valence-corrected chi connectivity index (χ4v) is 13.1. The van der Waals surface area contributed by atoms with Crippen molar-refractivity contribution in [2.45, 2.75) is 176 Å². The van der Waals surface area contributed by atoms with E-state index in [2.05, 4.69) is 88.4 Å². The number of rotatable bonds is 25. The predicted octanol–water partition coefficient (Wildman–Crippen LogP) is -3.94. The molecule has 24 N–H and O–H groups in total. The molecule has 2 aliphatic heterocycles. The quantitative estimate of drug-likeness (QED) is 0.0130. The van der Waals surface area contributed by atoms with E-state index in [1.54, 1.807) is 24.4 Å². The van der Waals surface area contributed by atoms with Crippen molar-refractivity contribution >= 4 is 109 Å². The summed E-state index contributed by atoms with van der Waals surface area (Å²) in [5.74, 6) is -9.42. The molecule has 2 aliphatic rings. The second-order valence-electron chi connectivity index (χ2n) is 24.2. The molecule has 0 radical (unpaired) electrons. The Morgan fingerprint density at radius 3 is 1.53 bits per heavy atom. The van der Waals surface area contributed by atoms with Gasteiger partial charge in [0.2, 0.25) is 65.0 Å². The summed E-state index contributed by atoms with van der Waals surface area (Å²) in [5, 5.41) is 28.8. The standard InChI is InChI=1S/C63H97N23O12S2/c1-3-99-100-61-62(98)86-25-13-20-49(86)60(97)84-47(27-38-30-69-34-75-38)54(91)74-33-51(88)78-48(28-39-31-70-35-76-39)59(96)83-46(26-37-29-72-41-15-5-4-14-40(37)41)53(90)73-32-50(87)77-36(2)52(89)79-42(16-6-9-21-64)55(92)80-43(17-7-10-22-65)56(93)81-44(18-8-11-23-66)57(94)82-45(58(95)85-61)19-12-24-71-63(67)68/h4-5,14-15,29-31,34-36,42-49,61,72H,3,6-13,16-28,32-33,64-66H2,1-2H3,(H,69,75)(H,70,76)(H,73,90)(H,74,91)(H,77,87)(H,78,88)(H,79,89)(H,80,92)(H,81,93)(H,82,94)(H,83,96)(H,84,97)(H,85,95)(H4,67,68,71)/t36-,42-,43-,44-,45-,46-,47-,48-,49-,61?/m0/s1. The van der Waals surface area contributed by atoms with Gasteiger partial charge < -0.3 is 107 Å². The maximum Gasteiger partial charge on any atom is 0.257 e. The van der Waals surface area contributed by atoms with Gasteiger partial charge in [0.15, 0.2) is 11.3 Å². The summed E-state index contributed by atoms with van der Waals surface area (Å²) in [5.41, 5.74) is 30.9. The van der Waals surface area contributed by atoms with Crippen LogP contribution in [0.1, 0.15) is 114 Å². The van der Waals surface area contributed by atoms with Crippen molar-refractivity contribution in [1.29, 1.82) is 0 Å². The van der Waals surface area contributed by atoms with Gasteiger partial charge in [-0.05, 0) is 122 Å². The Morgan fingerprint density at radius 2 is 1.01 bits per heavy atom. The number of amides is 12. The second kappa shape index (κ2) is 41.9. The molecule has 1 unspecified atom stereocenters. The number of nitrogens with two attached hydrogens (primary N) is 5. The molecule has 2 saturated heterocycles. The number of guanidine groups is 1. The number of benzene rings is 1. The number of H-pyrrole nitrogens is 3. The lowest BCUT2D eigenvalue weighted by Gasteiger charge is -2.30. The minimum atomic E-state index is -1.43. The molecule has 5 heterocycles. The predicted molar refractivity (Wildman–Crippen MR) is 375 cm³/mol. The molecule has 0 saturated carbocycles. The lowest BCUT2D eigenvalue weighted by atomic mass is 10.0. The minimum Gasteiger partial charge on any atom is -0.370 e. The molecule has 0 bridgehead atoms. The number of hydrogen-bond acceptors (Lipinski definition) is 20. The Kier molecular flexibility index (Phi) is 33.4. The van der Waals surface area contributed by atoms with E-state index in [1.807, 2.05) is 13.0 Å². The Labute approximate surface area is 586 Å². The zero-order chi connectivity index (χ0) is 72.5. The van der Waals surface area contributed by atoms with Crippen LogP contribution in [0.25, 0.3) is 10.9 Å². The van der Waals surface area contributed by atoms with Crippen LogP contribution >= 0.6 is 21.6 Å². The Hall–Kier alpha value is -9.33. The van der Waals surface area contributed by atoms with Gasteiger partial charge in [-0.25, -0.2) is 9.97 Å². The van der Waals surface area contributed by atoms with Crippen LogP contribution < -0.4 is 87.2 Å². The maximum atomic E-state index is 14.9. The van der Waals surface area contributed by atoms with Crippen LogP contribution in [0.4, 0.5) is 0 Å². The number of carbonyl (C=O) groups excluding carboxylic acids is 12. The number of carbonyl (C=O) groups is 12. The fraction of sp³-hybridized carbons (Fsp3) is 0.571. The van der Waals surface area contributed by atoms with E-state index in [4.69, 9.17) is 28.7 Å². The highest BCUT2D eigenvalue weighted by Crippen LogP contribution is 2.30. The van der Waals surface area contributed by atoms with Gasteiger partial charge in [-0.3, -0.25) is 62.5 Å². The molecule has 4 aromatic rings. The molecule has 12 amide bonds. The number of imidazole rings is 2. The first-order valence-corrected chi connectivity index (χ1v) is 36.0. The average Bonchev–Trinajstić information content (AvgIpc) is 1.61. The van der Waals surface area contributed by atoms with Crippen molar-refractivity contribution in [2.75, 3.05) is 51.6 Å². The molecule has 6 rings (SSSR count). The van der Waals surface area contributed by atoms with Gasteiger partial charge in [-0.1, -0.05) is 46.7 Å². The van der Waals surface area contributed by atoms with E-state index >= 15 is 0 Å². The highest BCUT2D eigenvalue weighted by molar-refractivity contribution is 8.77. The Balaban J connectivity index is 1.36. The molecule has 35 nitrogen and oxygen atoms in total. The number of nitrogens with one attached hydrogen (secondary N) is 14. The van der Waals surface area contributed by atoms with Crippen LogP contribution in [0.15, 0.2) is 60.5 Å². The summed E-state index contributed by atoms with van der Waals surface area (Å²) in [4.78, 5) is 195. The first kappa shape index (κ1) is 79.7. The van der Waals surface area contributed by atoms with Gasteiger partial charge in [0.25, 0.3) is 5.91 Å². The molecule has 548 valence electrons. The number of fused-ring (bicyclic) bond motifs is 2. The molecule has 100 heavy (non-hydrogen) atoms. The van der Waals surface area contributed by atoms with Crippen LogP contribution in [-0.4, -0.2) is 218 Å². The Bertz CT molecular complexity index is 3390. The van der Waals surface area contributed by atoms with E-state index in [9.17, 15) is 57.5 Å². The largest absolute Gasteiger partial charge is 0.370 e. The second-order valence-corrected chi connectivity index (χ2v) is 27.0. The first-order valence-electron chi connectivity index (χ1n) is 33.6. The van der Waals surface area contributed by atoms with Crippen molar-refractivity contribution in [3.63, 3.8) is 0 Å². The third kappa shape index (κ3) is 25.8. The number of hydrogen-bond donors (Lipinski definition) is 19. The zero-order valence-corrected chi connectivity index (χ0v) is 58.0. The number of nitrogens with zero attached hydrogens (tertiary/aromatic N) is 4.